The van der Waals surface area contributed by atoms with Gasteiger partial charge in [0.2, 0.25) is 0 Å². The summed E-state index contributed by atoms with van der Waals surface area (Å²) < 4.78 is 9.17. The molecule has 124 valence electrons. The predicted octanol–water partition coefficient (Wildman–Crippen LogP) is 4.08. The maximum Gasteiger partial charge on any atom is 0.257 e. The Labute approximate surface area is 160 Å². The quantitative estimate of drug-likeness (QED) is 0.489. The number of nitrogens with zero attached hydrogens (tertiary/aromatic N) is 3. The maximum atomic E-state index is 12.3. The topological polar surface area (TPSA) is 79.8 Å². The Balaban J connectivity index is 1.47. The number of halogens is 1. The number of nitrogens with one attached hydrogen (secondary N) is 2. The molecule has 10 heteroatoms. The van der Waals surface area contributed by atoms with Gasteiger partial charge in [-0.3, -0.25) is 10.1 Å². The van der Waals surface area contributed by atoms with Gasteiger partial charge in [0.15, 0.2) is 10.2 Å². The fourth-order valence-electron chi connectivity index (χ4n) is 2.18. The summed E-state index contributed by atoms with van der Waals surface area (Å²) in [5.74, 6) is -0.323. The van der Waals surface area contributed by atoms with Crippen molar-refractivity contribution < 1.29 is 4.79 Å². The molecule has 25 heavy (non-hydrogen) atoms. The number of carbonyl (C=O) groups is 1. The van der Waals surface area contributed by atoms with Gasteiger partial charge in [-0.1, -0.05) is 22.9 Å². The summed E-state index contributed by atoms with van der Waals surface area (Å²) in [7, 11) is 0. The number of benzene rings is 2. The van der Waals surface area contributed by atoms with Crippen molar-refractivity contribution in [3.8, 4) is 0 Å². The Kier molecular flexibility index (Phi) is 4.30. The highest BCUT2D eigenvalue weighted by molar-refractivity contribution is 7.80. The highest BCUT2D eigenvalue weighted by Gasteiger charge is 2.12. The molecule has 0 radical (unpaired) electrons. The number of amides is 1. The SMILES string of the molecule is O=C(NC(=S)Nc1nc2ccc(Cl)cc2s1)c1ccc2nsnc2c1. The van der Waals surface area contributed by atoms with E-state index in [9.17, 15) is 4.79 Å². The van der Waals surface area contributed by atoms with Crippen LogP contribution in [-0.2, 0) is 0 Å². The fraction of sp³-hybridized carbons (Fsp3) is 0. The molecule has 4 aromatic rings. The Hall–Kier alpha value is -2.20. The van der Waals surface area contributed by atoms with E-state index in [1.807, 2.05) is 12.1 Å². The van der Waals surface area contributed by atoms with Gasteiger partial charge < -0.3 is 5.32 Å². The Morgan fingerprint density at radius 1 is 1.08 bits per heavy atom. The smallest absolute Gasteiger partial charge is 0.257 e. The van der Waals surface area contributed by atoms with Crippen LogP contribution in [0.1, 0.15) is 10.4 Å². The lowest BCUT2D eigenvalue weighted by atomic mass is 10.2. The maximum absolute atomic E-state index is 12.3. The van der Waals surface area contributed by atoms with Crippen LogP contribution in [0.15, 0.2) is 36.4 Å². The van der Waals surface area contributed by atoms with Gasteiger partial charge in [-0.15, -0.1) is 0 Å². The summed E-state index contributed by atoms with van der Waals surface area (Å²) in [6, 6.07) is 10.5. The highest BCUT2D eigenvalue weighted by atomic mass is 35.5. The van der Waals surface area contributed by atoms with Gasteiger partial charge in [0.25, 0.3) is 5.91 Å². The molecule has 0 fully saturated rings. The van der Waals surface area contributed by atoms with E-state index in [0.717, 1.165) is 27.5 Å². The number of anilines is 1. The highest BCUT2D eigenvalue weighted by Crippen LogP contribution is 2.28. The van der Waals surface area contributed by atoms with Crippen LogP contribution in [-0.4, -0.2) is 24.8 Å². The second-order valence-electron chi connectivity index (χ2n) is 5.01. The minimum atomic E-state index is -0.323. The Bertz CT molecular complexity index is 1120. The number of fused-ring (bicyclic) bond motifs is 2. The molecule has 2 aromatic heterocycles. The van der Waals surface area contributed by atoms with Crippen molar-refractivity contribution in [2.45, 2.75) is 0 Å². The van der Waals surface area contributed by atoms with Crippen LogP contribution in [0.5, 0.6) is 0 Å². The van der Waals surface area contributed by atoms with Crippen molar-refractivity contribution in [1.82, 2.24) is 19.0 Å². The van der Waals surface area contributed by atoms with Crippen molar-refractivity contribution in [3.05, 3.63) is 47.0 Å². The van der Waals surface area contributed by atoms with Crippen molar-refractivity contribution in [1.29, 1.82) is 0 Å². The third-order valence-electron chi connectivity index (χ3n) is 3.31. The summed E-state index contributed by atoms with van der Waals surface area (Å²) in [6.07, 6.45) is 0. The van der Waals surface area contributed by atoms with Crippen LogP contribution >= 0.6 is 46.9 Å². The van der Waals surface area contributed by atoms with Gasteiger partial charge >= 0.3 is 0 Å². The van der Waals surface area contributed by atoms with Crippen LogP contribution in [0.4, 0.5) is 5.13 Å². The first kappa shape index (κ1) is 16.3. The predicted molar refractivity (Wildman–Crippen MR) is 106 cm³/mol. The van der Waals surface area contributed by atoms with Crippen LogP contribution in [0.2, 0.25) is 5.02 Å². The van der Waals surface area contributed by atoms with Gasteiger partial charge in [0.1, 0.15) is 11.0 Å². The van der Waals surface area contributed by atoms with Crippen LogP contribution in [0.3, 0.4) is 0 Å². The minimum absolute atomic E-state index is 0.173. The van der Waals surface area contributed by atoms with E-state index in [4.69, 9.17) is 23.8 Å². The molecule has 2 aromatic carbocycles. The molecule has 0 atom stereocenters. The minimum Gasteiger partial charge on any atom is -0.308 e. The number of thiazole rings is 1. The van der Waals surface area contributed by atoms with Crippen LogP contribution in [0.25, 0.3) is 21.3 Å². The second kappa shape index (κ2) is 6.60. The third kappa shape index (κ3) is 3.45. The number of rotatable bonds is 2. The van der Waals surface area contributed by atoms with E-state index < -0.39 is 0 Å². The van der Waals surface area contributed by atoms with Gasteiger partial charge in [-0.25, -0.2) is 4.98 Å². The lowest BCUT2D eigenvalue weighted by Crippen LogP contribution is -2.34. The Morgan fingerprint density at radius 3 is 2.76 bits per heavy atom. The number of carbonyl (C=O) groups excluding carboxylic acids is 1. The molecular formula is C15H8ClN5OS3. The lowest BCUT2D eigenvalue weighted by Gasteiger charge is -2.06. The first-order valence-corrected chi connectivity index (χ1v) is 9.32. The molecule has 4 rings (SSSR count). The Morgan fingerprint density at radius 2 is 1.88 bits per heavy atom. The summed E-state index contributed by atoms with van der Waals surface area (Å²) in [5, 5.41) is 6.96. The zero-order valence-electron chi connectivity index (χ0n) is 12.3. The normalized spacial score (nSPS) is 10.9. The molecule has 0 unspecified atom stereocenters. The zero-order valence-corrected chi connectivity index (χ0v) is 15.5. The molecule has 0 bridgehead atoms. The van der Waals surface area contributed by atoms with Crippen molar-refractivity contribution >= 4 is 84.3 Å². The summed E-state index contributed by atoms with van der Waals surface area (Å²) in [6.45, 7) is 0. The van der Waals surface area contributed by atoms with Crippen LogP contribution < -0.4 is 10.6 Å². The zero-order chi connectivity index (χ0) is 17.4. The van der Waals surface area contributed by atoms with E-state index in [-0.39, 0.29) is 11.0 Å². The van der Waals surface area contributed by atoms with E-state index in [0.29, 0.717) is 21.2 Å². The monoisotopic (exact) mass is 405 g/mol. The first-order valence-electron chi connectivity index (χ1n) is 6.99. The number of hydrogen-bond acceptors (Lipinski definition) is 7. The first-order chi connectivity index (χ1) is 12.1. The average Bonchev–Trinajstić information content (AvgIpc) is 3.19. The molecule has 0 saturated carbocycles. The third-order valence-corrected chi connectivity index (χ3v) is 5.24. The molecule has 1 amide bonds. The molecular weight excluding hydrogens is 398 g/mol. The summed E-state index contributed by atoms with van der Waals surface area (Å²) in [4.78, 5) is 16.7. The van der Waals surface area contributed by atoms with E-state index in [2.05, 4.69) is 24.4 Å². The lowest BCUT2D eigenvalue weighted by molar-refractivity contribution is 0.0978. The second-order valence-corrected chi connectivity index (χ2v) is 7.41. The molecule has 6 nitrogen and oxygen atoms in total. The number of hydrogen-bond donors (Lipinski definition) is 2. The molecule has 2 heterocycles. The number of thiocarbonyl (C=S) groups is 1. The molecule has 2 N–H and O–H groups in total. The van der Waals surface area contributed by atoms with E-state index in [1.54, 1.807) is 24.3 Å². The standard InChI is InChI=1S/C15H8ClN5OS3/c16-8-2-4-10-12(6-8)24-15(17-10)19-14(23)18-13(22)7-1-3-9-11(5-7)21-25-20-9/h1-6H,(H2,17,18,19,22,23). The van der Waals surface area contributed by atoms with Crippen LogP contribution in [0, 0.1) is 0 Å². The number of aromatic nitrogens is 3. The summed E-state index contributed by atoms with van der Waals surface area (Å²) >= 11 is 13.7. The van der Waals surface area contributed by atoms with Gasteiger partial charge in [0.05, 0.1) is 21.9 Å². The van der Waals surface area contributed by atoms with Crippen molar-refractivity contribution in [3.63, 3.8) is 0 Å². The largest absolute Gasteiger partial charge is 0.308 e. The molecule has 0 aliphatic carbocycles. The van der Waals surface area contributed by atoms with Gasteiger partial charge in [-0.2, -0.15) is 8.75 Å². The van der Waals surface area contributed by atoms with Crippen molar-refractivity contribution in [2.24, 2.45) is 0 Å². The van der Waals surface area contributed by atoms with Gasteiger partial charge in [0, 0.05) is 10.6 Å². The molecule has 0 aliphatic rings. The fourth-order valence-corrected chi connectivity index (χ4v) is 4.10. The van der Waals surface area contributed by atoms with Crippen molar-refractivity contribution in [2.75, 3.05) is 5.32 Å². The van der Waals surface area contributed by atoms with E-state index >= 15 is 0 Å². The van der Waals surface area contributed by atoms with Gasteiger partial charge in [-0.05, 0) is 48.6 Å². The summed E-state index contributed by atoms with van der Waals surface area (Å²) in [5.41, 5.74) is 2.71. The average molecular weight is 406 g/mol. The molecule has 0 aliphatic heterocycles. The molecule has 0 saturated heterocycles. The molecule has 0 spiro atoms. The van der Waals surface area contributed by atoms with E-state index in [1.165, 1.54) is 11.3 Å².